The van der Waals surface area contributed by atoms with Crippen LogP contribution < -0.4 is 0 Å². The van der Waals surface area contributed by atoms with Crippen molar-refractivity contribution in [1.29, 1.82) is 0 Å². The van der Waals surface area contributed by atoms with E-state index >= 15 is 0 Å². The molecule has 1 rings (SSSR count). The van der Waals surface area contributed by atoms with Gasteiger partial charge in [-0.3, -0.25) is 0 Å². The topological polar surface area (TPSA) is 3.24 Å². The lowest BCUT2D eigenvalue weighted by Crippen LogP contribution is -2.19. The fourth-order valence-corrected chi connectivity index (χ4v) is 1.67. The Bertz CT molecular complexity index is 288. The normalized spacial score (nSPS) is 11.5. The molecule has 0 spiro atoms. The van der Waals surface area contributed by atoms with Crippen LogP contribution in [0.2, 0.25) is 0 Å². The van der Waals surface area contributed by atoms with Gasteiger partial charge in [-0.1, -0.05) is 41.9 Å². The van der Waals surface area contributed by atoms with Crippen molar-refractivity contribution in [2.45, 2.75) is 13.8 Å². The summed E-state index contributed by atoms with van der Waals surface area (Å²) >= 11 is 6.17. The van der Waals surface area contributed by atoms with Crippen LogP contribution in [0.15, 0.2) is 35.5 Å². The predicted molar refractivity (Wildman–Crippen MR) is 63.2 cm³/mol. The first-order valence-corrected chi connectivity index (χ1v) is 5.33. The summed E-state index contributed by atoms with van der Waals surface area (Å²) in [5.41, 5.74) is 1.14. The number of rotatable bonds is 4. The first kappa shape index (κ1) is 11.1. The van der Waals surface area contributed by atoms with Crippen molar-refractivity contribution < 1.29 is 0 Å². The molecule has 0 bridgehead atoms. The Morgan fingerprint density at radius 3 is 2.29 bits per heavy atom. The van der Waals surface area contributed by atoms with Gasteiger partial charge in [-0.15, -0.1) is 0 Å². The van der Waals surface area contributed by atoms with E-state index in [0.717, 1.165) is 23.8 Å². The highest BCUT2D eigenvalue weighted by molar-refractivity contribution is 6.31. The Labute approximate surface area is 91.0 Å². The molecule has 0 radical (unpaired) electrons. The maximum atomic E-state index is 6.17. The molecule has 0 fully saturated rings. The van der Waals surface area contributed by atoms with E-state index in [4.69, 9.17) is 11.6 Å². The van der Waals surface area contributed by atoms with Gasteiger partial charge >= 0.3 is 0 Å². The summed E-state index contributed by atoms with van der Waals surface area (Å²) in [4.78, 5) is 2.12. The second-order valence-corrected chi connectivity index (χ2v) is 3.44. The number of nitrogens with zero attached hydrogens (tertiary/aromatic N) is 1. The molecule has 1 aromatic rings. The molecule has 0 aliphatic rings. The summed E-state index contributed by atoms with van der Waals surface area (Å²) in [6.07, 6.45) is 1.99. The van der Waals surface area contributed by atoms with Crippen molar-refractivity contribution in [1.82, 2.24) is 4.90 Å². The molecule has 0 aromatic heterocycles. The SMILES string of the molecule is CCN(CC)/C(Cl)=C/c1ccccc1. The van der Waals surface area contributed by atoms with E-state index in [1.54, 1.807) is 0 Å². The first-order valence-electron chi connectivity index (χ1n) is 4.95. The van der Waals surface area contributed by atoms with Crippen molar-refractivity contribution in [2.75, 3.05) is 13.1 Å². The molecular weight excluding hydrogens is 194 g/mol. The summed E-state index contributed by atoms with van der Waals surface area (Å²) in [6, 6.07) is 10.1. The van der Waals surface area contributed by atoms with E-state index in [-0.39, 0.29) is 0 Å². The van der Waals surface area contributed by atoms with Gasteiger partial charge in [0, 0.05) is 13.1 Å². The highest BCUT2D eigenvalue weighted by Crippen LogP contribution is 2.14. The Kier molecular flexibility index (Phi) is 4.54. The highest BCUT2D eigenvalue weighted by Gasteiger charge is 2.00. The molecule has 0 amide bonds. The Morgan fingerprint density at radius 1 is 1.21 bits per heavy atom. The predicted octanol–water partition coefficient (Wildman–Crippen LogP) is 3.57. The lowest BCUT2D eigenvalue weighted by Gasteiger charge is -2.19. The van der Waals surface area contributed by atoms with E-state index in [1.807, 2.05) is 36.4 Å². The smallest absolute Gasteiger partial charge is 0.105 e. The van der Waals surface area contributed by atoms with Crippen LogP contribution >= 0.6 is 11.6 Å². The Hall–Kier alpha value is -0.950. The van der Waals surface area contributed by atoms with Crippen LogP contribution in [0.5, 0.6) is 0 Å². The van der Waals surface area contributed by atoms with Crippen molar-refractivity contribution in [2.24, 2.45) is 0 Å². The summed E-state index contributed by atoms with van der Waals surface area (Å²) in [6.45, 7) is 6.09. The molecule has 76 valence electrons. The van der Waals surface area contributed by atoms with Crippen molar-refractivity contribution >= 4 is 17.7 Å². The minimum absolute atomic E-state index is 0.807. The van der Waals surface area contributed by atoms with Crippen LogP contribution in [0.3, 0.4) is 0 Å². The van der Waals surface area contributed by atoms with E-state index in [0.29, 0.717) is 0 Å². The van der Waals surface area contributed by atoms with Gasteiger partial charge in [-0.05, 0) is 25.5 Å². The maximum absolute atomic E-state index is 6.17. The molecule has 1 aromatic carbocycles. The number of halogens is 1. The quantitative estimate of drug-likeness (QED) is 0.686. The summed E-state index contributed by atoms with van der Waals surface area (Å²) in [5.74, 6) is 0. The van der Waals surface area contributed by atoms with E-state index in [9.17, 15) is 0 Å². The van der Waals surface area contributed by atoms with Crippen LogP contribution in [0, 0.1) is 0 Å². The molecule has 0 saturated heterocycles. The molecule has 0 aliphatic carbocycles. The molecule has 0 heterocycles. The molecule has 14 heavy (non-hydrogen) atoms. The summed E-state index contributed by atoms with van der Waals surface area (Å²) in [5, 5.41) is 0.807. The molecule has 0 saturated carbocycles. The van der Waals surface area contributed by atoms with Crippen molar-refractivity contribution in [3.63, 3.8) is 0 Å². The molecule has 0 aliphatic heterocycles. The third kappa shape index (κ3) is 3.08. The second-order valence-electron chi connectivity index (χ2n) is 3.05. The third-order valence-corrected chi connectivity index (χ3v) is 2.50. The zero-order chi connectivity index (χ0) is 10.4. The van der Waals surface area contributed by atoms with Crippen LogP contribution in [-0.4, -0.2) is 18.0 Å². The van der Waals surface area contributed by atoms with E-state index in [1.165, 1.54) is 0 Å². The number of hydrogen-bond acceptors (Lipinski definition) is 1. The molecule has 0 atom stereocenters. The summed E-state index contributed by atoms with van der Waals surface area (Å²) < 4.78 is 0. The fraction of sp³-hybridized carbons (Fsp3) is 0.333. The number of hydrogen-bond donors (Lipinski definition) is 0. The fourth-order valence-electron chi connectivity index (χ4n) is 1.30. The van der Waals surface area contributed by atoms with E-state index < -0.39 is 0 Å². The van der Waals surface area contributed by atoms with Crippen LogP contribution in [0.25, 0.3) is 6.08 Å². The number of benzene rings is 1. The Morgan fingerprint density at radius 2 is 1.79 bits per heavy atom. The molecule has 2 heteroatoms. The van der Waals surface area contributed by atoms with Gasteiger partial charge in [-0.2, -0.15) is 0 Å². The van der Waals surface area contributed by atoms with Gasteiger partial charge in [0.1, 0.15) is 5.16 Å². The van der Waals surface area contributed by atoms with Crippen LogP contribution in [0.4, 0.5) is 0 Å². The standard InChI is InChI=1S/C12H16ClN/c1-3-14(4-2)12(13)10-11-8-6-5-7-9-11/h5-10H,3-4H2,1-2H3/b12-10+. The lowest BCUT2D eigenvalue weighted by atomic mass is 10.2. The maximum Gasteiger partial charge on any atom is 0.105 e. The van der Waals surface area contributed by atoms with Crippen molar-refractivity contribution in [3.05, 3.63) is 41.1 Å². The van der Waals surface area contributed by atoms with Crippen LogP contribution in [0.1, 0.15) is 19.4 Å². The Balaban J connectivity index is 2.77. The first-order chi connectivity index (χ1) is 6.77. The van der Waals surface area contributed by atoms with Gasteiger partial charge in [-0.25, -0.2) is 0 Å². The van der Waals surface area contributed by atoms with Gasteiger partial charge < -0.3 is 4.90 Å². The summed E-state index contributed by atoms with van der Waals surface area (Å²) in [7, 11) is 0. The van der Waals surface area contributed by atoms with Gasteiger partial charge in [0.05, 0.1) is 0 Å². The minimum atomic E-state index is 0.807. The van der Waals surface area contributed by atoms with Crippen molar-refractivity contribution in [3.8, 4) is 0 Å². The second kappa shape index (κ2) is 5.71. The van der Waals surface area contributed by atoms with Crippen LogP contribution in [-0.2, 0) is 0 Å². The van der Waals surface area contributed by atoms with Gasteiger partial charge in [0.25, 0.3) is 0 Å². The average molecular weight is 210 g/mol. The highest BCUT2D eigenvalue weighted by atomic mass is 35.5. The lowest BCUT2D eigenvalue weighted by molar-refractivity contribution is 0.409. The average Bonchev–Trinajstić information content (AvgIpc) is 2.21. The zero-order valence-electron chi connectivity index (χ0n) is 8.70. The zero-order valence-corrected chi connectivity index (χ0v) is 9.46. The molecule has 1 nitrogen and oxygen atoms in total. The third-order valence-electron chi connectivity index (χ3n) is 2.15. The molecular formula is C12H16ClN. The molecule has 0 unspecified atom stereocenters. The van der Waals surface area contributed by atoms with Gasteiger partial charge in [0.2, 0.25) is 0 Å². The largest absolute Gasteiger partial charge is 0.363 e. The molecule has 0 N–H and O–H groups in total. The van der Waals surface area contributed by atoms with Gasteiger partial charge in [0.15, 0.2) is 0 Å². The van der Waals surface area contributed by atoms with E-state index in [2.05, 4.69) is 18.7 Å². The monoisotopic (exact) mass is 209 g/mol. The minimum Gasteiger partial charge on any atom is -0.363 e.